The molecule has 1 aliphatic carbocycles. The van der Waals surface area contributed by atoms with Crippen LogP contribution < -0.4 is 0 Å². The van der Waals surface area contributed by atoms with E-state index in [0.29, 0.717) is 16.3 Å². The first-order valence-electron chi connectivity index (χ1n) is 6.64. The average Bonchev–Trinajstić information content (AvgIpc) is 3.00. The summed E-state index contributed by atoms with van der Waals surface area (Å²) in [6.45, 7) is -0.120. The molecule has 4 nitrogen and oxygen atoms in total. The molecule has 1 atom stereocenters. The Bertz CT molecular complexity index is 608. The molecule has 1 saturated carbocycles. The number of benzene rings is 1. The van der Waals surface area contributed by atoms with Gasteiger partial charge in [-0.15, -0.1) is 0 Å². The molecule has 22 heavy (non-hydrogen) atoms. The predicted molar refractivity (Wildman–Crippen MR) is 80.3 cm³/mol. The molecule has 0 heterocycles. The van der Waals surface area contributed by atoms with Crippen molar-refractivity contribution in [1.82, 2.24) is 4.90 Å². The van der Waals surface area contributed by atoms with Crippen LogP contribution in [0.1, 0.15) is 22.3 Å². The first-order valence-corrected chi connectivity index (χ1v) is 7.43. The van der Waals surface area contributed by atoms with Crippen LogP contribution in [0.2, 0.25) is 0 Å². The Morgan fingerprint density at radius 2 is 2.14 bits per heavy atom. The molecule has 1 aromatic rings. The molecule has 0 aromatic heterocycles. The van der Waals surface area contributed by atoms with Gasteiger partial charge in [-0.25, -0.2) is 8.78 Å². The van der Waals surface area contributed by atoms with E-state index in [1.807, 2.05) is 0 Å². The average molecular weight is 376 g/mol. The summed E-state index contributed by atoms with van der Waals surface area (Å²) in [4.78, 5) is 24.0. The summed E-state index contributed by atoms with van der Waals surface area (Å²) in [6, 6.07) is 4.71. The third-order valence-corrected chi connectivity index (χ3v) is 4.42. The Morgan fingerprint density at radius 3 is 2.64 bits per heavy atom. The Labute approximate surface area is 135 Å². The second-order valence-electron chi connectivity index (χ2n) is 5.56. The minimum atomic E-state index is -2.91. The van der Waals surface area contributed by atoms with Gasteiger partial charge in [-0.1, -0.05) is 22.0 Å². The van der Waals surface area contributed by atoms with E-state index < -0.39 is 17.3 Å². The van der Waals surface area contributed by atoms with Gasteiger partial charge in [-0.3, -0.25) is 14.5 Å². The summed E-state index contributed by atoms with van der Waals surface area (Å²) in [7, 11) is 2.82. The second kappa shape index (κ2) is 6.04. The Kier molecular flexibility index (Phi) is 4.67. The molecule has 1 aliphatic rings. The zero-order valence-electron chi connectivity index (χ0n) is 12.2. The molecule has 0 spiro atoms. The molecule has 0 radical (unpaired) electrons. The molecule has 0 bridgehead atoms. The van der Waals surface area contributed by atoms with E-state index in [0.717, 1.165) is 0 Å². The van der Waals surface area contributed by atoms with Crippen molar-refractivity contribution in [1.29, 1.82) is 0 Å². The summed E-state index contributed by atoms with van der Waals surface area (Å²) in [5.41, 5.74) is -0.902. The van der Waals surface area contributed by atoms with Gasteiger partial charge in [0.05, 0.1) is 19.1 Å². The molecule has 1 unspecified atom stereocenters. The number of hydrogen-bond acceptors (Lipinski definition) is 4. The van der Waals surface area contributed by atoms with E-state index in [9.17, 15) is 18.4 Å². The highest BCUT2D eigenvalue weighted by Crippen LogP contribution is 2.62. The number of hydrogen-bond donors (Lipinski definition) is 0. The summed E-state index contributed by atoms with van der Waals surface area (Å²) >= 11 is 3.25. The summed E-state index contributed by atoms with van der Waals surface area (Å²) in [6.07, 6.45) is 0.237. The fourth-order valence-corrected chi connectivity index (χ4v) is 3.09. The van der Waals surface area contributed by atoms with Gasteiger partial charge < -0.3 is 4.74 Å². The van der Waals surface area contributed by atoms with E-state index in [4.69, 9.17) is 0 Å². The Morgan fingerprint density at radius 1 is 1.50 bits per heavy atom. The minimum absolute atomic E-state index is 0.0353. The van der Waals surface area contributed by atoms with E-state index >= 15 is 0 Å². The topological polar surface area (TPSA) is 46.6 Å². The highest BCUT2D eigenvalue weighted by Gasteiger charge is 2.72. The van der Waals surface area contributed by atoms with Gasteiger partial charge in [0.1, 0.15) is 6.29 Å². The highest BCUT2D eigenvalue weighted by molar-refractivity contribution is 9.10. The number of esters is 1. The van der Waals surface area contributed by atoms with Gasteiger partial charge in [0.2, 0.25) is 0 Å². The third kappa shape index (κ3) is 3.05. The van der Waals surface area contributed by atoms with Gasteiger partial charge in [0, 0.05) is 23.0 Å². The lowest BCUT2D eigenvalue weighted by atomic mass is 9.90. The van der Waals surface area contributed by atoms with Gasteiger partial charge >= 0.3 is 5.97 Å². The van der Waals surface area contributed by atoms with Gasteiger partial charge in [0.15, 0.2) is 0 Å². The molecule has 0 aliphatic heterocycles. The van der Waals surface area contributed by atoms with Gasteiger partial charge in [-0.2, -0.15) is 0 Å². The van der Waals surface area contributed by atoms with Crippen LogP contribution in [0.5, 0.6) is 0 Å². The Balaban J connectivity index is 2.33. The van der Waals surface area contributed by atoms with Crippen LogP contribution in [0.3, 0.4) is 0 Å². The molecule has 120 valence electrons. The molecule has 0 N–H and O–H groups in total. The molecule has 2 rings (SSSR count). The van der Waals surface area contributed by atoms with Gasteiger partial charge in [0.25, 0.3) is 5.92 Å². The standard InChI is InChI=1S/C15H16BrF2NO3/c1-19(6-13(21)22-2)9-14(8-15(14,17)18)12-5-11(16)4-3-10(12)7-20/h3-5,7H,6,8-9H2,1-2H3. The number of aldehydes is 1. The van der Waals surface area contributed by atoms with Crippen LogP contribution in [0.4, 0.5) is 8.78 Å². The lowest BCUT2D eigenvalue weighted by Crippen LogP contribution is -2.37. The largest absolute Gasteiger partial charge is 0.468 e. The number of rotatable bonds is 6. The lowest BCUT2D eigenvalue weighted by molar-refractivity contribution is -0.141. The van der Waals surface area contributed by atoms with Crippen molar-refractivity contribution in [2.45, 2.75) is 17.8 Å². The minimum Gasteiger partial charge on any atom is -0.468 e. The number of alkyl halides is 2. The van der Waals surface area contributed by atoms with Crippen LogP contribution in [0.15, 0.2) is 22.7 Å². The van der Waals surface area contributed by atoms with Crippen LogP contribution >= 0.6 is 15.9 Å². The number of nitrogens with zero attached hydrogens (tertiary/aromatic N) is 1. The number of methoxy groups -OCH3 is 1. The maximum Gasteiger partial charge on any atom is 0.319 e. The SMILES string of the molecule is COC(=O)CN(C)CC1(c2cc(Br)ccc2C=O)CC1(F)F. The number of ether oxygens (including phenoxy) is 1. The fraction of sp³-hybridized carbons (Fsp3) is 0.467. The third-order valence-electron chi connectivity index (χ3n) is 3.92. The zero-order chi connectivity index (χ0) is 16.5. The summed E-state index contributed by atoms with van der Waals surface area (Å²) in [5.74, 6) is -3.40. The quantitative estimate of drug-likeness (QED) is 0.566. The highest BCUT2D eigenvalue weighted by atomic mass is 79.9. The van der Waals surface area contributed by atoms with E-state index in [1.54, 1.807) is 19.2 Å². The van der Waals surface area contributed by atoms with Crippen molar-refractivity contribution in [2.75, 3.05) is 27.2 Å². The van der Waals surface area contributed by atoms with Crippen molar-refractivity contribution in [3.05, 3.63) is 33.8 Å². The number of halogens is 3. The number of carbonyl (C=O) groups excluding carboxylic acids is 2. The zero-order valence-corrected chi connectivity index (χ0v) is 13.8. The summed E-state index contributed by atoms with van der Waals surface area (Å²) in [5, 5.41) is 0. The molecule has 0 amide bonds. The van der Waals surface area contributed by atoms with Crippen LogP contribution in [-0.2, 0) is 14.9 Å². The monoisotopic (exact) mass is 375 g/mol. The van der Waals surface area contributed by atoms with E-state index in [1.165, 1.54) is 18.1 Å². The smallest absolute Gasteiger partial charge is 0.319 e. The van der Waals surface area contributed by atoms with Crippen molar-refractivity contribution in [3.8, 4) is 0 Å². The van der Waals surface area contributed by atoms with Crippen molar-refractivity contribution in [2.24, 2.45) is 0 Å². The second-order valence-corrected chi connectivity index (χ2v) is 6.48. The lowest BCUT2D eigenvalue weighted by Gasteiger charge is -2.25. The Hall–Kier alpha value is -1.34. The maximum atomic E-state index is 14.1. The molecule has 7 heteroatoms. The van der Waals surface area contributed by atoms with Crippen molar-refractivity contribution in [3.63, 3.8) is 0 Å². The first kappa shape index (κ1) is 17.0. The fourth-order valence-electron chi connectivity index (χ4n) is 2.73. The summed E-state index contributed by atoms with van der Waals surface area (Å²) < 4.78 is 33.4. The van der Waals surface area contributed by atoms with E-state index in [2.05, 4.69) is 20.7 Å². The van der Waals surface area contributed by atoms with Crippen LogP contribution in [0, 0.1) is 0 Å². The predicted octanol–water partition coefficient (Wildman–Crippen LogP) is 2.64. The van der Waals surface area contributed by atoms with Crippen molar-refractivity contribution >= 4 is 28.2 Å². The molecular formula is C15H16BrF2NO3. The molecular weight excluding hydrogens is 360 g/mol. The molecule has 1 aromatic carbocycles. The first-order chi connectivity index (χ1) is 10.3. The number of carbonyl (C=O) groups is 2. The maximum absolute atomic E-state index is 14.1. The molecule has 0 saturated heterocycles. The van der Waals surface area contributed by atoms with E-state index in [-0.39, 0.29) is 25.1 Å². The van der Waals surface area contributed by atoms with Crippen molar-refractivity contribution < 1.29 is 23.1 Å². The van der Waals surface area contributed by atoms with Crippen LogP contribution in [0.25, 0.3) is 0 Å². The molecule has 1 fully saturated rings. The van der Waals surface area contributed by atoms with Crippen LogP contribution in [-0.4, -0.2) is 50.3 Å². The van der Waals surface area contributed by atoms with Gasteiger partial charge in [-0.05, 0) is 24.7 Å². The number of likely N-dealkylation sites (N-methyl/N-ethyl adjacent to an activating group) is 1. The normalized spacial score (nSPS) is 22.5.